The Hall–Kier alpha value is -2.63. The summed E-state index contributed by atoms with van der Waals surface area (Å²) in [6, 6.07) is 3.74. The van der Waals surface area contributed by atoms with Crippen molar-refractivity contribution in [1.29, 1.82) is 0 Å². The van der Waals surface area contributed by atoms with E-state index in [0.29, 0.717) is 5.65 Å². The number of imidazole rings is 1. The van der Waals surface area contributed by atoms with Crippen LogP contribution in [-0.2, 0) is 0 Å². The molecule has 1 amide bonds. The lowest BCUT2D eigenvalue weighted by molar-refractivity contribution is 0.0996. The van der Waals surface area contributed by atoms with E-state index in [9.17, 15) is 4.79 Å². The topological polar surface area (TPSA) is 86.4 Å². The quantitative estimate of drug-likeness (QED) is 0.756. The molecule has 0 aliphatic carbocycles. The second-order valence-electron chi connectivity index (χ2n) is 4.37. The first-order valence-corrected chi connectivity index (χ1v) is 5.78. The van der Waals surface area contributed by atoms with Gasteiger partial charge in [0.05, 0.1) is 5.69 Å². The van der Waals surface area contributed by atoms with Crippen molar-refractivity contribution >= 4 is 11.6 Å². The highest BCUT2D eigenvalue weighted by molar-refractivity contribution is 5.91. The van der Waals surface area contributed by atoms with Gasteiger partial charge in [-0.15, -0.1) is 0 Å². The number of carbonyl (C=O) groups is 1. The minimum absolute atomic E-state index is 0.246. The molecule has 3 heterocycles. The molecule has 6 nitrogen and oxygen atoms in total. The highest BCUT2D eigenvalue weighted by Crippen LogP contribution is 2.26. The van der Waals surface area contributed by atoms with Crippen LogP contribution in [0.1, 0.15) is 21.9 Å². The summed E-state index contributed by atoms with van der Waals surface area (Å²) in [5, 5.41) is 3.93. The van der Waals surface area contributed by atoms with Crippen LogP contribution in [-0.4, -0.2) is 20.4 Å². The molecular formula is C13H12N4O2. The van der Waals surface area contributed by atoms with Crippen LogP contribution in [0.15, 0.2) is 29.0 Å². The zero-order valence-electron chi connectivity index (χ0n) is 10.5. The number of aryl methyl sites for hydroxylation is 2. The Morgan fingerprint density at radius 1 is 1.32 bits per heavy atom. The molecule has 19 heavy (non-hydrogen) atoms. The molecule has 0 saturated heterocycles. The van der Waals surface area contributed by atoms with Crippen molar-refractivity contribution in [2.45, 2.75) is 13.8 Å². The molecule has 0 radical (unpaired) electrons. The number of pyridine rings is 1. The van der Waals surface area contributed by atoms with Crippen LogP contribution in [0.5, 0.6) is 0 Å². The Labute approximate surface area is 108 Å². The van der Waals surface area contributed by atoms with Crippen LogP contribution in [0.25, 0.3) is 16.8 Å². The maximum absolute atomic E-state index is 11.1. The van der Waals surface area contributed by atoms with E-state index in [1.54, 1.807) is 10.6 Å². The molecule has 0 aromatic carbocycles. The van der Waals surface area contributed by atoms with Crippen molar-refractivity contribution < 1.29 is 9.32 Å². The summed E-state index contributed by atoms with van der Waals surface area (Å²) in [6.07, 6.45) is 3.49. The number of nitrogens with two attached hydrogens (primary N) is 1. The second-order valence-corrected chi connectivity index (χ2v) is 4.37. The van der Waals surface area contributed by atoms with Gasteiger partial charge in [0.1, 0.15) is 17.1 Å². The molecular weight excluding hydrogens is 244 g/mol. The monoisotopic (exact) mass is 256 g/mol. The Balaban J connectivity index is 2.19. The van der Waals surface area contributed by atoms with E-state index in [1.165, 1.54) is 0 Å². The zero-order valence-corrected chi connectivity index (χ0v) is 10.5. The van der Waals surface area contributed by atoms with Gasteiger partial charge < -0.3 is 14.7 Å². The Kier molecular flexibility index (Phi) is 2.38. The number of amides is 1. The van der Waals surface area contributed by atoms with E-state index in [1.807, 2.05) is 32.2 Å². The number of carbonyl (C=O) groups excluding carboxylic acids is 1. The van der Waals surface area contributed by atoms with Crippen LogP contribution in [0.3, 0.4) is 0 Å². The molecule has 3 rings (SSSR count). The fraction of sp³-hybridized carbons (Fsp3) is 0.154. The van der Waals surface area contributed by atoms with Crippen molar-refractivity contribution in [1.82, 2.24) is 14.5 Å². The zero-order chi connectivity index (χ0) is 13.6. The number of primary amides is 1. The molecule has 3 aromatic rings. The van der Waals surface area contributed by atoms with Gasteiger partial charge in [0.2, 0.25) is 0 Å². The molecule has 0 fully saturated rings. The lowest BCUT2D eigenvalue weighted by Gasteiger charge is -2.01. The highest BCUT2D eigenvalue weighted by atomic mass is 16.5. The van der Waals surface area contributed by atoms with Gasteiger partial charge in [-0.3, -0.25) is 4.79 Å². The molecule has 96 valence electrons. The summed E-state index contributed by atoms with van der Waals surface area (Å²) in [7, 11) is 0. The summed E-state index contributed by atoms with van der Waals surface area (Å²) >= 11 is 0. The molecule has 0 atom stereocenters. The Bertz CT molecular complexity index is 766. The summed E-state index contributed by atoms with van der Waals surface area (Å²) in [5.74, 6) is 0.217. The van der Waals surface area contributed by atoms with Crippen molar-refractivity contribution in [2.24, 2.45) is 5.73 Å². The predicted octanol–water partition coefficient (Wildman–Crippen LogP) is 1.71. The van der Waals surface area contributed by atoms with Crippen LogP contribution in [0.4, 0.5) is 0 Å². The van der Waals surface area contributed by atoms with E-state index in [-0.39, 0.29) is 5.69 Å². The third kappa shape index (κ3) is 1.77. The number of fused-ring (bicyclic) bond motifs is 1. The van der Waals surface area contributed by atoms with E-state index in [0.717, 1.165) is 22.6 Å². The van der Waals surface area contributed by atoms with E-state index < -0.39 is 5.91 Å². The van der Waals surface area contributed by atoms with Gasteiger partial charge in [0.25, 0.3) is 5.91 Å². The summed E-state index contributed by atoms with van der Waals surface area (Å²) in [6.45, 7) is 3.75. The SMILES string of the molecule is Cc1noc(C)c1-c1ccc2nc(C(N)=O)cn2c1. The lowest BCUT2D eigenvalue weighted by Crippen LogP contribution is -2.10. The third-order valence-corrected chi connectivity index (χ3v) is 3.03. The van der Waals surface area contributed by atoms with Gasteiger partial charge in [-0.25, -0.2) is 4.98 Å². The minimum atomic E-state index is -0.539. The van der Waals surface area contributed by atoms with Gasteiger partial charge >= 0.3 is 0 Å². The molecule has 0 saturated carbocycles. The first-order valence-electron chi connectivity index (χ1n) is 5.78. The highest BCUT2D eigenvalue weighted by Gasteiger charge is 2.13. The number of hydrogen-bond donors (Lipinski definition) is 1. The van der Waals surface area contributed by atoms with Crippen LogP contribution >= 0.6 is 0 Å². The van der Waals surface area contributed by atoms with Crippen molar-refractivity contribution in [2.75, 3.05) is 0 Å². The van der Waals surface area contributed by atoms with Crippen molar-refractivity contribution in [3.8, 4) is 11.1 Å². The summed E-state index contributed by atoms with van der Waals surface area (Å²) < 4.78 is 6.92. The van der Waals surface area contributed by atoms with Crippen molar-refractivity contribution in [3.63, 3.8) is 0 Å². The lowest BCUT2D eigenvalue weighted by atomic mass is 10.1. The molecule has 0 aliphatic heterocycles. The van der Waals surface area contributed by atoms with Gasteiger partial charge in [0, 0.05) is 23.5 Å². The first kappa shape index (κ1) is 11.5. The average molecular weight is 256 g/mol. The smallest absolute Gasteiger partial charge is 0.268 e. The first-order chi connectivity index (χ1) is 9.06. The minimum Gasteiger partial charge on any atom is -0.364 e. The number of hydrogen-bond acceptors (Lipinski definition) is 4. The third-order valence-electron chi connectivity index (χ3n) is 3.03. The molecule has 0 aliphatic rings. The molecule has 0 unspecified atom stereocenters. The largest absolute Gasteiger partial charge is 0.364 e. The fourth-order valence-corrected chi connectivity index (χ4v) is 2.15. The van der Waals surface area contributed by atoms with Crippen LogP contribution in [0.2, 0.25) is 0 Å². The number of rotatable bonds is 2. The molecule has 2 N–H and O–H groups in total. The standard InChI is InChI=1S/C13H12N4O2/c1-7-12(8(2)19-16-7)9-3-4-11-15-10(13(14)18)6-17(11)5-9/h3-6H,1-2H3,(H2,14,18). The average Bonchev–Trinajstić information content (AvgIpc) is 2.92. The second kappa shape index (κ2) is 3.94. The maximum atomic E-state index is 11.1. The van der Waals surface area contributed by atoms with E-state index in [2.05, 4.69) is 10.1 Å². The van der Waals surface area contributed by atoms with Gasteiger partial charge in [-0.05, 0) is 26.0 Å². The fourth-order valence-electron chi connectivity index (χ4n) is 2.15. The van der Waals surface area contributed by atoms with Gasteiger partial charge in [-0.2, -0.15) is 0 Å². The molecule has 0 spiro atoms. The van der Waals surface area contributed by atoms with E-state index in [4.69, 9.17) is 10.3 Å². The number of nitrogens with zero attached hydrogens (tertiary/aromatic N) is 3. The predicted molar refractivity (Wildman–Crippen MR) is 68.7 cm³/mol. The van der Waals surface area contributed by atoms with Gasteiger partial charge in [-0.1, -0.05) is 5.16 Å². The van der Waals surface area contributed by atoms with Gasteiger partial charge in [0.15, 0.2) is 0 Å². The van der Waals surface area contributed by atoms with Crippen molar-refractivity contribution in [3.05, 3.63) is 41.7 Å². The molecule has 3 aromatic heterocycles. The van der Waals surface area contributed by atoms with Crippen LogP contribution in [0, 0.1) is 13.8 Å². The maximum Gasteiger partial charge on any atom is 0.268 e. The summed E-state index contributed by atoms with van der Waals surface area (Å²) in [4.78, 5) is 15.2. The Morgan fingerprint density at radius 2 is 2.11 bits per heavy atom. The molecule has 6 heteroatoms. The van der Waals surface area contributed by atoms with Crippen LogP contribution < -0.4 is 5.73 Å². The Morgan fingerprint density at radius 3 is 2.74 bits per heavy atom. The van der Waals surface area contributed by atoms with E-state index >= 15 is 0 Å². The summed E-state index contributed by atoms with van der Waals surface area (Å²) in [5.41, 5.74) is 8.87. The number of aromatic nitrogens is 3. The normalized spacial score (nSPS) is 11.1. The molecule has 0 bridgehead atoms.